The monoisotopic (exact) mass is 376 g/mol. The Morgan fingerprint density at radius 3 is 2.89 bits per heavy atom. The number of aromatic nitrogens is 2. The Morgan fingerprint density at radius 1 is 1.21 bits per heavy atom. The van der Waals surface area contributed by atoms with E-state index in [1.807, 2.05) is 41.3 Å². The predicted molar refractivity (Wildman–Crippen MR) is 112 cm³/mol. The van der Waals surface area contributed by atoms with Crippen LogP contribution in [0.3, 0.4) is 0 Å². The van der Waals surface area contributed by atoms with Gasteiger partial charge in [0.1, 0.15) is 0 Å². The van der Waals surface area contributed by atoms with Crippen LogP contribution in [0.2, 0.25) is 0 Å². The topological polar surface area (TPSA) is 52.2 Å². The van der Waals surface area contributed by atoms with Crippen LogP contribution < -0.4 is 0 Å². The van der Waals surface area contributed by atoms with Crippen LogP contribution in [0.15, 0.2) is 54.9 Å². The zero-order valence-corrected chi connectivity index (χ0v) is 16.5. The molecule has 1 atom stereocenters. The SMILES string of the molecule is CCN1CCCC1CN(Cc1ccccc1)C(=O)Cc1ccc2nc[nH]c2c1. The van der Waals surface area contributed by atoms with E-state index in [1.54, 1.807) is 6.33 Å². The van der Waals surface area contributed by atoms with Gasteiger partial charge in [-0.05, 0) is 49.2 Å². The number of carbonyl (C=O) groups excluding carboxylic acids is 1. The van der Waals surface area contributed by atoms with Crippen molar-refractivity contribution < 1.29 is 4.79 Å². The summed E-state index contributed by atoms with van der Waals surface area (Å²) in [7, 11) is 0. The van der Waals surface area contributed by atoms with Crippen molar-refractivity contribution in [2.24, 2.45) is 0 Å². The van der Waals surface area contributed by atoms with Crippen molar-refractivity contribution in [2.75, 3.05) is 19.6 Å². The smallest absolute Gasteiger partial charge is 0.227 e. The van der Waals surface area contributed by atoms with Gasteiger partial charge in [-0.3, -0.25) is 9.69 Å². The number of H-pyrrole nitrogens is 1. The average molecular weight is 377 g/mol. The molecule has 0 saturated carbocycles. The minimum Gasteiger partial charge on any atom is -0.345 e. The van der Waals surface area contributed by atoms with Gasteiger partial charge in [0.05, 0.1) is 23.8 Å². The molecule has 3 aromatic rings. The van der Waals surface area contributed by atoms with Crippen LogP contribution in [-0.4, -0.2) is 51.4 Å². The number of amides is 1. The van der Waals surface area contributed by atoms with E-state index < -0.39 is 0 Å². The Hall–Kier alpha value is -2.66. The Kier molecular flexibility index (Phi) is 5.72. The molecular formula is C23H28N4O. The molecule has 5 heteroatoms. The molecule has 1 unspecified atom stereocenters. The summed E-state index contributed by atoms with van der Waals surface area (Å²) in [6.07, 6.45) is 4.51. The lowest BCUT2D eigenvalue weighted by molar-refractivity contribution is -0.131. The molecule has 0 spiro atoms. The molecule has 1 aliphatic rings. The van der Waals surface area contributed by atoms with Crippen LogP contribution in [0.1, 0.15) is 30.9 Å². The number of benzene rings is 2. The third-order valence-corrected chi connectivity index (χ3v) is 5.75. The normalized spacial score (nSPS) is 17.2. The van der Waals surface area contributed by atoms with Gasteiger partial charge >= 0.3 is 0 Å². The van der Waals surface area contributed by atoms with Crippen molar-refractivity contribution in [2.45, 2.75) is 38.8 Å². The number of aromatic amines is 1. The Bertz CT molecular complexity index is 921. The fraction of sp³-hybridized carbons (Fsp3) is 0.391. The van der Waals surface area contributed by atoms with Gasteiger partial charge in [-0.1, -0.05) is 43.3 Å². The number of rotatable bonds is 7. The van der Waals surface area contributed by atoms with Gasteiger partial charge in [-0.15, -0.1) is 0 Å². The molecule has 5 nitrogen and oxygen atoms in total. The average Bonchev–Trinajstić information content (AvgIpc) is 3.36. The van der Waals surface area contributed by atoms with Gasteiger partial charge in [0, 0.05) is 19.1 Å². The molecule has 0 aliphatic carbocycles. The maximum atomic E-state index is 13.3. The van der Waals surface area contributed by atoms with Crippen LogP contribution in [0.4, 0.5) is 0 Å². The lowest BCUT2D eigenvalue weighted by Crippen LogP contribution is -2.43. The lowest BCUT2D eigenvalue weighted by atomic mass is 10.1. The van der Waals surface area contributed by atoms with Gasteiger partial charge in [0.2, 0.25) is 5.91 Å². The number of hydrogen-bond acceptors (Lipinski definition) is 3. The number of carbonyl (C=O) groups is 1. The number of likely N-dealkylation sites (tertiary alicyclic amines) is 1. The highest BCUT2D eigenvalue weighted by atomic mass is 16.2. The van der Waals surface area contributed by atoms with Crippen molar-refractivity contribution >= 4 is 16.9 Å². The summed E-state index contributed by atoms with van der Waals surface area (Å²) in [5, 5.41) is 0. The van der Waals surface area contributed by atoms with Crippen LogP contribution >= 0.6 is 0 Å². The van der Waals surface area contributed by atoms with E-state index in [-0.39, 0.29) is 5.91 Å². The Balaban J connectivity index is 1.51. The van der Waals surface area contributed by atoms with E-state index in [2.05, 4.69) is 33.9 Å². The van der Waals surface area contributed by atoms with Gasteiger partial charge in [0.15, 0.2) is 0 Å². The molecule has 1 aliphatic heterocycles. The molecule has 0 radical (unpaired) electrons. The zero-order chi connectivity index (χ0) is 19.3. The van der Waals surface area contributed by atoms with E-state index in [0.29, 0.717) is 19.0 Å². The van der Waals surface area contributed by atoms with Gasteiger partial charge < -0.3 is 9.88 Å². The van der Waals surface area contributed by atoms with Gasteiger partial charge in [-0.2, -0.15) is 0 Å². The molecule has 146 valence electrons. The minimum absolute atomic E-state index is 0.186. The Morgan fingerprint density at radius 2 is 2.07 bits per heavy atom. The van der Waals surface area contributed by atoms with Crippen LogP contribution in [0.5, 0.6) is 0 Å². The molecule has 1 amide bonds. The number of imidazole rings is 1. The summed E-state index contributed by atoms with van der Waals surface area (Å²) >= 11 is 0. The van der Waals surface area contributed by atoms with Crippen molar-refractivity contribution in [3.63, 3.8) is 0 Å². The first-order valence-corrected chi connectivity index (χ1v) is 10.2. The molecular weight excluding hydrogens is 348 g/mol. The van der Waals surface area contributed by atoms with Crippen LogP contribution in [0.25, 0.3) is 11.0 Å². The highest BCUT2D eigenvalue weighted by molar-refractivity contribution is 5.81. The number of hydrogen-bond donors (Lipinski definition) is 1. The minimum atomic E-state index is 0.186. The van der Waals surface area contributed by atoms with E-state index in [1.165, 1.54) is 18.4 Å². The first-order valence-electron chi connectivity index (χ1n) is 10.2. The number of nitrogens with zero attached hydrogens (tertiary/aromatic N) is 3. The first-order chi connectivity index (χ1) is 13.7. The number of likely N-dealkylation sites (N-methyl/N-ethyl adjacent to an activating group) is 1. The molecule has 4 rings (SSSR count). The van der Waals surface area contributed by atoms with Crippen molar-refractivity contribution in [1.82, 2.24) is 19.8 Å². The lowest BCUT2D eigenvalue weighted by Gasteiger charge is -2.30. The molecule has 1 fully saturated rings. The van der Waals surface area contributed by atoms with E-state index in [9.17, 15) is 4.79 Å². The third kappa shape index (κ3) is 4.25. The second-order valence-corrected chi connectivity index (χ2v) is 7.62. The predicted octanol–water partition coefficient (Wildman–Crippen LogP) is 3.62. The van der Waals surface area contributed by atoms with Crippen molar-refractivity contribution in [1.29, 1.82) is 0 Å². The van der Waals surface area contributed by atoms with E-state index in [0.717, 1.165) is 36.2 Å². The van der Waals surface area contributed by atoms with E-state index >= 15 is 0 Å². The fourth-order valence-electron chi connectivity index (χ4n) is 4.21. The van der Waals surface area contributed by atoms with Crippen LogP contribution in [0, 0.1) is 0 Å². The quantitative estimate of drug-likeness (QED) is 0.685. The molecule has 2 heterocycles. The highest BCUT2D eigenvalue weighted by Crippen LogP contribution is 2.20. The molecule has 1 N–H and O–H groups in total. The van der Waals surface area contributed by atoms with Crippen molar-refractivity contribution in [3.05, 3.63) is 66.0 Å². The second-order valence-electron chi connectivity index (χ2n) is 7.62. The Labute approximate surface area is 166 Å². The van der Waals surface area contributed by atoms with Gasteiger partial charge in [-0.25, -0.2) is 4.98 Å². The molecule has 2 aromatic carbocycles. The second kappa shape index (κ2) is 8.57. The highest BCUT2D eigenvalue weighted by Gasteiger charge is 2.27. The molecule has 1 aromatic heterocycles. The fourth-order valence-corrected chi connectivity index (χ4v) is 4.21. The van der Waals surface area contributed by atoms with Gasteiger partial charge in [0.25, 0.3) is 0 Å². The molecule has 0 bridgehead atoms. The summed E-state index contributed by atoms with van der Waals surface area (Å²) in [5.41, 5.74) is 4.12. The molecule has 1 saturated heterocycles. The summed E-state index contributed by atoms with van der Waals surface area (Å²) in [6, 6.07) is 16.8. The number of nitrogens with one attached hydrogen (secondary N) is 1. The molecule has 28 heavy (non-hydrogen) atoms. The maximum Gasteiger partial charge on any atom is 0.227 e. The van der Waals surface area contributed by atoms with E-state index in [4.69, 9.17) is 0 Å². The first kappa shape index (κ1) is 18.7. The summed E-state index contributed by atoms with van der Waals surface area (Å²) < 4.78 is 0. The standard InChI is InChI=1S/C23H28N4O/c1-2-26-12-6-9-20(26)16-27(15-18-7-4-3-5-8-18)23(28)14-19-10-11-21-22(13-19)25-17-24-21/h3-5,7-8,10-11,13,17,20H,2,6,9,12,14-16H2,1H3,(H,24,25). The van der Waals surface area contributed by atoms with Crippen LogP contribution in [-0.2, 0) is 17.8 Å². The number of fused-ring (bicyclic) bond motifs is 1. The third-order valence-electron chi connectivity index (χ3n) is 5.75. The zero-order valence-electron chi connectivity index (χ0n) is 16.5. The summed E-state index contributed by atoms with van der Waals surface area (Å²) in [4.78, 5) is 25.2. The maximum absolute atomic E-state index is 13.3. The largest absolute Gasteiger partial charge is 0.345 e. The summed E-state index contributed by atoms with van der Waals surface area (Å²) in [6.45, 7) is 5.87. The van der Waals surface area contributed by atoms with Crippen molar-refractivity contribution in [3.8, 4) is 0 Å². The summed E-state index contributed by atoms with van der Waals surface area (Å²) in [5.74, 6) is 0.186.